The summed E-state index contributed by atoms with van der Waals surface area (Å²) in [6.07, 6.45) is 5.50. The zero-order chi connectivity index (χ0) is 13.0. The van der Waals surface area contributed by atoms with Crippen LogP contribution < -0.4 is 0 Å². The highest BCUT2D eigenvalue weighted by atomic mass is 16.7. The molecule has 0 aromatic heterocycles. The summed E-state index contributed by atoms with van der Waals surface area (Å²) in [7, 11) is 0. The van der Waals surface area contributed by atoms with Crippen LogP contribution in [0.4, 0.5) is 0 Å². The lowest BCUT2D eigenvalue weighted by Crippen LogP contribution is -2.48. The van der Waals surface area contributed by atoms with Crippen molar-refractivity contribution < 1.29 is 14.3 Å². The monoisotopic (exact) mass is 250 g/mol. The Morgan fingerprint density at radius 2 is 1.83 bits per heavy atom. The van der Waals surface area contributed by atoms with Crippen LogP contribution in [0.1, 0.15) is 46.5 Å². The molecule has 18 heavy (non-hydrogen) atoms. The number of carbonyl (C=O) groups is 1. The number of allylic oxidation sites excluding steroid dienone is 1. The highest BCUT2D eigenvalue weighted by molar-refractivity contribution is 5.89. The van der Waals surface area contributed by atoms with Crippen LogP contribution in [0, 0.1) is 10.8 Å². The molecule has 0 bridgehead atoms. The fourth-order valence-corrected chi connectivity index (χ4v) is 4.07. The molecule has 3 nitrogen and oxygen atoms in total. The smallest absolute Gasteiger partial charge is 0.172 e. The predicted molar refractivity (Wildman–Crippen MR) is 68.1 cm³/mol. The summed E-state index contributed by atoms with van der Waals surface area (Å²) < 4.78 is 11.7. The number of hydrogen-bond donors (Lipinski definition) is 0. The van der Waals surface area contributed by atoms with Crippen LogP contribution >= 0.6 is 0 Å². The Bertz CT molecular complexity index is 415. The van der Waals surface area contributed by atoms with Crippen molar-refractivity contribution in [3.63, 3.8) is 0 Å². The highest BCUT2D eigenvalue weighted by Gasteiger charge is 2.54. The summed E-state index contributed by atoms with van der Waals surface area (Å²) in [5.74, 6) is -0.0372. The molecule has 2 aliphatic carbocycles. The van der Waals surface area contributed by atoms with E-state index in [9.17, 15) is 4.79 Å². The Labute approximate surface area is 109 Å². The number of hydrogen-bond acceptors (Lipinski definition) is 3. The summed E-state index contributed by atoms with van der Waals surface area (Å²) in [6, 6.07) is 0. The molecule has 0 aromatic rings. The van der Waals surface area contributed by atoms with Gasteiger partial charge in [-0.3, -0.25) is 4.79 Å². The van der Waals surface area contributed by atoms with Crippen molar-refractivity contribution in [3.8, 4) is 0 Å². The minimum atomic E-state index is -0.408. The first-order chi connectivity index (χ1) is 8.38. The molecule has 1 spiro atoms. The van der Waals surface area contributed by atoms with Crippen LogP contribution in [0.2, 0.25) is 0 Å². The van der Waals surface area contributed by atoms with E-state index in [1.807, 2.05) is 0 Å². The molecule has 1 saturated heterocycles. The van der Waals surface area contributed by atoms with E-state index in [1.54, 1.807) is 0 Å². The molecule has 0 radical (unpaired) electrons. The molecule has 1 saturated carbocycles. The lowest BCUT2D eigenvalue weighted by Gasteiger charge is -2.51. The molecular weight excluding hydrogens is 228 g/mol. The van der Waals surface area contributed by atoms with Gasteiger partial charge in [-0.1, -0.05) is 18.6 Å². The zero-order valence-electron chi connectivity index (χ0n) is 11.5. The van der Waals surface area contributed by atoms with Crippen molar-refractivity contribution in [2.24, 2.45) is 10.8 Å². The van der Waals surface area contributed by atoms with Crippen molar-refractivity contribution in [3.05, 3.63) is 11.6 Å². The average Bonchev–Trinajstić information content (AvgIpc) is 2.72. The van der Waals surface area contributed by atoms with Crippen LogP contribution in [0.5, 0.6) is 0 Å². The van der Waals surface area contributed by atoms with Gasteiger partial charge in [-0.15, -0.1) is 0 Å². The Balaban J connectivity index is 1.99. The first-order valence-electron chi connectivity index (χ1n) is 6.90. The number of ketones is 1. The van der Waals surface area contributed by atoms with Crippen molar-refractivity contribution in [1.29, 1.82) is 0 Å². The van der Waals surface area contributed by atoms with Crippen LogP contribution in [0.15, 0.2) is 11.6 Å². The summed E-state index contributed by atoms with van der Waals surface area (Å²) in [5.41, 5.74) is 1.05. The maximum atomic E-state index is 12.1. The first-order valence-corrected chi connectivity index (χ1v) is 6.90. The second kappa shape index (κ2) is 3.67. The van der Waals surface area contributed by atoms with E-state index >= 15 is 0 Å². The third-order valence-electron chi connectivity index (χ3n) is 5.01. The molecule has 2 fully saturated rings. The minimum Gasteiger partial charge on any atom is -0.347 e. The molecule has 3 aliphatic rings. The number of carbonyl (C=O) groups excluding carboxylic acids is 1. The quantitative estimate of drug-likeness (QED) is 0.620. The lowest BCUT2D eigenvalue weighted by atomic mass is 9.55. The minimum absolute atomic E-state index is 0.0556. The topological polar surface area (TPSA) is 35.5 Å². The van der Waals surface area contributed by atoms with E-state index in [2.05, 4.69) is 26.8 Å². The summed E-state index contributed by atoms with van der Waals surface area (Å²) >= 11 is 0. The van der Waals surface area contributed by atoms with E-state index in [4.69, 9.17) is 9.47 Å². The molecule has 0 aromatic carbocycles. The number of fused-ring (bicyclic) bond motifs is 1. The van der Waals surface area contributed by atoms with E-state index in [0.717, 1.165) is 19.3 Å². The fourth-order valence-electron chi connectivity index (χ4n) is 4.07. The van der Waals surface area contributed by atoms with Gasteiger partial charge in [0.25, 0.3) is 0 Å². The SMILES string of the molecule is CC1(C)C(=O)CC[C@]2(C)CC3(CC=C12)OCCO3. The Morgan fingerprint density at radius 1 is 1.17 bits per heavy atom. The molecule has 0 amide bonds. The van der Waals surface area contributed by atoms with Gasteiger partial charge in [0, 0.05) is 24.7 Å². The molecule has 1 atom stereocenters. The Hall–Kier alpha value is -0.670. The summed E-state index contributed by atoms with van der Waals surface area (Å²) in [6.45, 7) is 7.78. The Kier molecular flexibility index (Phi) is 2.52. The molecule has 3 rings (SSSR count). The number of rotatable bonds is 0. The maximum Gasteiger partial charge on any atom is 0.172 e. The van der Waals surface area contributed by atoms with Gasteiger partial charge < -0.3 is 9.47 Å². The van der Waals surface area contributed by atoms with E-state index in [-0.39, 0.29) is 10.8 Å². The molecule has 1 aliphatic heterocycles. The molecule has 3 heteroatoms. The molecule has 1 heterocycles. The number of Topliss-reactive ketones (excluding diaryl/α,β-unsaturated/α-hetero) is 1. The van der Waals surface area contributed by atoms with Gasteiger partial charge in [-0.05, 0) is 25.7 Å². The fraction of sp³-hybridized carbons (Fsp3) is 0.800. The van der Waals surface area contributed by atoms with Crippen molar-refractivity contribution in [2.45, 2.75) is 52.2 Å². The van der Waals surface area contributed by atoms with Crippen molar-refractivity contribution in [1.82, 2.24) is 0 Å². The van der Waals surface area contributed by atoms with Gasteiger partial charge in [0.05, 0.1) is 13.2 Å². The van der Waals surface area contributed by atoms with Crippen molar-refractivity contribution >= 4 is 5.78 Å². The standard InChI is InChI=1S/C15H22O3/c1-13(2)11-4-7-15(17-8-9-18-15)10-14(11,3)6-5-12(13)16/h4H,5-10H2,1-3H3/t14-/m1/s1. The zero-order valence-corrected chi connectivity index (χ0v) is 11.5. The second-order valence-corrected chi connectivity index (χ2v) is 6.72. The van der Waals surface area contributed by atoms with Crippen molar-refractivity contribution in [2.75, 3.05) is 13.2 Å². The van der Waals surface area contributed by atoms with Gasteiger partial charge in [0.15, 0.2) is 5.79 Å². The highest BCUT2D eigenvalue weighted by Crippen LogP contribution is 2.56. The lowest BCUT2D eigenvalue weighted by molar-refractivity contribution is -0.183. The second-order valence-electron chi connectivity index (χ2n) is 6.72. The predicted octanol–water partition coefficient (Wildman–Crippen LogP) is 2.85. The Morgan fingerprint density at radius 3 is 2.50 bits per heavy atom. The van der Waals surface area contributed by atoms with Gasteiger partial charge in [0.1, 0.15) is 5.78 Å². The van der Waals surface area contributed by atoms with E-state index in [1.165, 1.54) is 5.57 Å². The van der Waals surface area contributed by atoms with E-state index in [0.29, 0.717) is 25.4 Å². The molecule has 0 N–H and O–H groups in total. The van der Waals surface area contributed by atoms with Crippen LogP contribution in [-0.4, -0.2) is 24.8 Å². The average molecular weight is 250 g/mol. The van der Waals surface area contributed by atoms with Crippen LogP contribution in [0.25, 0.3) is 0 Å². The van der Waals surface area contributed by atoms with Gasteiger partial charge in [-0.2, -0.15) is 0 Å². The first kappa shape index (κ1) is 12.4. The third kappa shape index (κ3) is 1.60. The normalized spacial score (nSPS) is 37.5. The van der Waals surface area contributed by atoms with Gasteiger partial charge in [0.2, 0.25) is 0 Å². The summed E-state index contributed by atoms with van der Waals surface area (Å²) in [5, 5.41) is 0. The maximum absolute atomic E-state index is 12.1. The van der Waals surface area contributed by atoms with Gasteiger partial charge in [-0.25, -0.2) is 0 Å². The van der Waals surface area contributed by atoms with Crippen LogP contribution in [0.3, 0.4) is 0 Å². The van der Waals surface area contributed by atoms with Crippen LogP contribution in [-0.2, 0) is 14.3 Å². The van der Waals surface area contributed by atoms with Gasteiger partial charge >= 0.3 is 0 Å². The van der Waals surface area contributed by atoms with E-state index < -0.39 is 5.79 Å². The largest absolute Gasteiger partial charge is 0.347 e. The third-order valence-corrected chi connectivity index (χ3v) is 5.01. The molecular formula is C15H22O3. The summed E-state index contributed by atoms with van der Waals surface area (Å²) in [4.78, 5) is 12.1. The number of ether oxygens (including phenoxy) is 2. The molecule has 0 unspecified atom stereocenters. The molecule has 100 valence electrons.